The molecule has 1 aromatic carbocycles. The molecule has 2 heterocycles. The van der Waals surface area contributed by atoms with Crippen LogP contribution in [0, 0.1) is 6.92 Å². The highest BCUT2D eigenvalue weighted by Crippen LogP contribution is 2.21. The van der Waals surface area contributed by atoms with E-state index in [9.17, 15) is 14.4 Å². The maximum Gasteiger partial charge on any atom is 0.240 e. The first-order valence-electron chi connectivity index (χ1n) is 12.6. The number of rotatable bonds is 13. The molecule has 2 aromatic rings. The molecule has 36 heavy (non-hydrogen) atoms. The quantitative estimate of drug-likeness (QED) is 0.410. The molecule has 3 rings (SSSR count). The highest BCUT2D eigenvalue weighted by molar-refractivity contribution is 6.01. The predicted molar refractivity (Wildman–Crippen MR) is 138 cm³/mol. The maximum absolute atomic E-state index is 13.1. The van der Waals surface area contributed by atoms with Crippen LogP contribution in [0.15, 0.2) is 42.6 Å². The number of carbonyl (C=O) groups is 3. The third kappa shape index (κ3) is 8.96. The number of carbonyl (C=O) groups excluding carboxylic acids is 3. The van der Waals surface area contributed by atoms with Gasteiger partial charge in [0, 0.05) is 37.9 Å². The molecule has 9 nitrogen and oxygen atoms in total. The molecular weight excluding hydrogens is 460 g/mol. The number of hydrogen-bond donors (Lipinski definition) is 2. The summed E-state index contributed by atoms with van der Waals surface area (Å²) in [6, 6.07) is 10.7. The molecule has 1 fully saturated rings. The summed E-state index contributed by atoms with van der Waals surface area (Å²) in [5, 5.41) is 5.57. The van der Waals surface area contributed by atoms with Gasteiger partial charge in [-0.1, -0.05) is 13.3 Å². The number of aromatic nitrogens is 1. The predicted octanol–water partition coefficient (Wildman–Crippen LogP) is 3.62. The van der Waals surface area contributed by atoms with Crippen molar-refractivity contribution in [2.24, 2.45) is 0 Å². The Morgan fingerprint density at radius 2 is 1.94 bits per heavy atom. The van der Waals surface area contributed by atoms with Gasteiger partial charge in [0.2, 0.25) is 17.7 Å². The summed E-state index contributed by atoms with van der Waals surface area (Å²) in [4.78, 5) is 43.7. The number of pyridine rings is 1. The van der Waals surface area contributed by atoms with Gasteiger partial charge in [0.1, 0.15) is 18.1 Å². The molecule has 1 saturated heterocycles. The molecule has 2 N–H and O–H groups in total. The molecule has 1 aliphatic heterocycles. The monoisotopic (exact) mass is 496 g/mol. The van der Waals surface area contributed by atoms with E-state index in [0.29, 0.717) is 37.0 Å². The summed E-state index contributed by atoms with van der Waals surface area (Å²) in [6.45, 7) is 5.59. The second-order valence-electron chi connectivity index (χ2n) is 8.88. The first-order chi connectivity index (χ1) is 17.4. The molecule has 0 bridgehead atoms. The summed E-state index contributed by atoms with van der Waals surface area (Å²) in [5.74, 6) is 0.220. The zero-order valence-electron chi connectivity index (χ0n) is 21.1. The number of anilines is 2. The third-order valence-electron chi connectivity index (χ3n) is 5.82. The van der Waals surface area contributed by atoms with Crippen LogP contribution in [0.3, 0.4) is 0 Å². The van der Waals surface area contributed by atoms with Gasteiger partial charge in [0.25, 0.3) is 0 Å². The first kappa shape index (κ1) is 27.1. The smallest absolute Gasteiger partial charge is 0.240 e. The molecule has 1 atom stereocenters. The van der Waals surface area contributed by atoms with Crippen molar-refractivity contribution in [1.82, 2.24) is 10.3 Å². The fourth-order valence-corrected chi connectivity index (χ4v) is 3.78. The van der Waals surface area contributed by atoms with E-state index in [-0.39, 0.29) is 43.2 Å². The van der Waals surface area contributed by atoms with Gasteiger partial charge in [0.05, 0.1) is 12.7 Å². The molecule has 0 radical (unpaired) electrons. The molecule has 0 unspecified atom stereocenters. The molecule has 0 aliphatic carbocycles. The maximum atomic E-state index is 13.1. The molecule has 1 aliphatic rings. The van der Waals surface area contributed by atoms with E-state index >= 15 is 0 Å². The van der Waals surface area contributed by atoms with Gasteiger partial charge in [-0.3, -0.25) is 14.4 Å². The van der Waals surface area contributed by atoms with Crippen LogP contribution < -0.4 is 20.3 Å². The zero-order valence-corrected chi connectivity index (χ0v) is 21.1. The largest absolute Gasteiger partial charge is 0.494 e. The third-order valence-corrected chi connectivity index (χ3v) is 5.82. The van der Waals surface area contributed by atoms with Gasteiger partial charge in [0.15, 0.2) is 0 Å². The minimum absolute atomic E-state index is 0.0107. The average Bonchev–Trinajstić information content (AvgIpc) is 3.39. The van der Waals surface area contributed by atoms with Crippen LogP contribution in [-0.2, 0) is 19.1 Å². The van der Waals surface area contributed by atoms with E-state index in [2.05, 4.69) is 22.5 Å². The van der Waals surface area contributed by atoms with Crippen molar-refractivity contribution in [1.29, 1.82) is 0 Å². The van der Waals surface area contributed by atoms with Crippen LogP contribution in [0.1, 0.15) is 51.0 Å². The standard InChI is InChI=1S/C27H36N4O5/c1-3-4-15-35-22-9-7-21(8-10-22)31(19-26(33)29-18-23-6-5-16-36-23)27(34)12-11-25(32)30-24-17-20(2)13-14-28-24/h7-10,13-14,17,23H,3-6,11-12,15-16,18-19H2,1-2H3,(H,29,33)(H,28,30,32)/t23-/m0/s1. The van der Waals surface area contributed by atoms with Gasteiger partial charge < -0.3 is 25.0 Å². The van der Waals surface area contributed by atoms with E-state index in [1.807, 2.05) is 13.0 Å². The second kappa shape index (κ2) is 14.2. The highest BCUT2D eigenvalue weighted by Gasteiger charge is 2.22. The Morgan fingerprint density at radius 1 is 1.14 bits per heavy atom. The van der Waals surface area contributed by atoms with E-state index < -0.39 is 0 Å². The number of amides is 3. The summed E-state index contributed by atoms with van der Waals surface area (Å²) in [6.07, 6.45) is 5.43. The summed E-state index contributed by atoms with van der Waals surface area (Å²) in [7, 11) is 0. The Kier molecular flexibility index (Phi) is 10.7. The molecule has 3 amide bonds. The fourth-order valence-electron chi connectivity index (χ4n) is 3.78. The molecule has 194 valence electrons. The topological polar surface area (TPSA) is 110 Å². The van der Waals surface area contributed by atoms with Crippen molar-refractivity contribution in [3.05, 3.63) is 48.2 Å². The van der Waals surface area contributed by atoms with Gasteiger partial charge in [-0.15, -0.1) is 0 Å². The van der Waals surface area contributed by atoms with Crippen molar-refractivity contribution in [3.63, 3.8) is 0 Å². The number of aryl methyl sites for hydroxylation is 1. The lowest BCUT2D eigenvalue weighted by Gasteiger charge is -2.23. The lowest BCUT2D eigenvalue weighted by atomic mass is 10.2. The van der Waals surface area contributed by atoms with E-state index in [0.717, 1.165) is 31.2 Å². The van der Waals surface area contributed by atoms with Crippen LogP contribution in [0.25, 0.3) is 0 Å². The first-order valence-corrected chi connectivity index (χ1v) is 12.6. The molecule has 0 spiro atoms. The van der Waals surface area contributed by atoms with Gasteiger partial charge >= 0.3 is 0 Å². The summed E-state index contributed by atoms with van der Waals surface area (Å²) in [5.41, 5.74) is 1.54. The van der Waals surface area contributed by atoms with Gasteiger partial charge in [-0.25, -0.2) is 4.98 Å². The summed E-state index contributed by atoms with van der Waals surface area (Å²) < 4.78 is 11.3. The summed E-state index contributed by atoms with van der Waals surface area (Å²) >= 11 is 0. The van der Waals surface area contributed by atoms with E-state index in [1.165, 1.54) is 4.90 Å². The Hall–Kier alpha value is -3.46. The van der Waals surface area contributed by atoms with Crippen molar-refractivity contribution in [2.45, 2.75) is 58.5 Å². The Morgan fingerprint density at radius 3 is 2.64 bits per heavy atom. The molecular formula is C27H36N4O5. The number of nitrogens with one attached hydrogen (secondary N) is 2. The number of ether oxygens (including phenoxy) is 2. The van der Waals surface area contributed by atoms with E-state index in [4.69, 9.17) is 9.47 Å². The van der Waals surface area contributed by atoms with Crippen LogP contribution in [0.5, 0.6) is 5.75 Å². The molecule has 9 heteroatoms. The number of hydrogen-bond acceptors (Lipinski definition) is 6. The molecule has 1 aromatic heterocycles. The minimum Gasteiger partial charge on any atom is -0.494 e. The Balaban J connectivity index is 1.61. The Bertz CT molecular complexity index is 1010. The van der Waals surface area contributed by atoms with Gasteiger partial charge in [-0.05, 0) is 68.1 Å². The fraction of sp³-hybridized carbons (Fsp3) is 0.481. The van der Waals surface area contributed by atoms with Gasteiger partial charge in [-0.2, -0.15) is 0 Å². The van der Waals surface area contributed by atoms with Crippen molar-refractivity contribution < 1.29 is 23.9 Å². The lowest BCUT2D eigenvalue weighted by molar-refractivity contribution is -0.125. The lowest BCUT2D eigenvalue weighted by Crippen LogP contribution is -2.43. The second-order valence-corrected chi connectivity index (χ2v) is 8.88. The van der Waals surface area contributed by atoms with E-state index in [1.54, 1.807) is 36.5 Å². The highest BCUT2D eigenvalue weighted by atomic mass is 16.5. The van der Waals surface area contributed by atoms with Crippen LogP contribution in [0.4, 0.5) is 11.5 Å². The average molecular weight is 497 g/mol. The van der Waals surface area contributed by atoms with Crippen LogP contribution in [0.2, 0.25) is 0 Å². The normalized spacial score (nSPS) is 14.8. The van der Waals surface area contributed by atoms with Crippen LogP contribution >= 0.6 is 0 Å². The molecule has 0 saturated carbocycles. The SMILES string of the molecule is CCCCOc1ccc(N(CC(=O)NC[C@@H]2CCCO2)C(=O)CCC(=O)Nc2cc(C)ccn2)cc1. The van der Waals surface area contributed by atoms with Crippen molar-refractivity contribution >= 4 is 29.2 Å². The number of unbranched alkanes of at least 4 members (excludes halogenated alkanes) is 1. The minimum atomic E-state index is -0.325. The Labute approximate surface area is 212 Å². The number of nitrogens with zero attached hydrogens (tertiary/aromatic N) is 2. The van der Waals surface area contributed by atoms with Crippen molar-refractivity contribution in [3.8, 4) is 5.75 Å². The van der Waals surface area contributed by atoms with Crippen molar-refractivity contribution in [2.75, 3.05) is 36.5 Å². The van der Waals surface area contributed by atoms with Crippen LogP contribution in [-0.4, -0.2) is 55.1 Å². The zero-order chi connectivity index (χ0) is 25.8. The number of benzene rings is 1.